The minimum absolute atomic E-state index is 0.00203. The van der Waals surface area contributed by atoms with Gasteiger partial charge in [-0.05, 0) is 50.5 Å². The number of aryl methyl sites for hydroxylation is 3. The monoisotopic (exact) mass is 788 g/mol. The van der Waals surface area contributed by atoms with Gasteiger partial charge in [-0.3, -0.25) is 28.5 Å². The molecule has 0 bridgehead atoms. The van der Waals surface area contributed by atoms with E-state index in [1.54, 1.807) is 10.9 Å². The Morgan fingerprint density at radius 1 is 0.964 bits per heavy atom. The Morgan fingerprint density at radius 3 is 2.29 bits per heavy atom. The number of unbranched alkanes of at least 4 members (excludes halogenated alkanes) is 1. The fraction of sp³-hybridized carbons (Fsp3) is 0.556. The number of aliphatic hydroxyl groups is 1. The summed E-state index contributed by atoms with van der Waals surface area (Å²) in [6, 6.07) is 7.71. The van der Waals surface area contributed by atoms with Crippen LogP contribution < -0.4 is 16.4 Å². The van der Waals surface area contributed by atoms with Gasteiger partial charge >= 0.3 is 7.82 Å². The van der Waals surface area contributed by atoms with Crippen molar-refractivity contribution >= 4 is 37.1 Å². The quantitative estimate of drug-likeness (QED) is 0.0447. The van der Waals surface area contributed by atoms with E-state index >= 15 is 0 Å². The highest BCUT2D eigenvalue weighted by molar-refractivity contribution is 7.46. The minimum atomic E-state index is -5.04. The predicted octanol–water partition coefficient (Wildman–Crippen LogP) is 1.34. The number of amides is 3. The summed E-state index contributed by atoms with van der Waals surface area (Å²) in [5.74, 6) is -6.07. The lowest BCUT2D eigenvalue weighted by Gasteiger charge is -2.25. The van der Waals surface area contributed by atoms with Gasteiger partial charge in [-0.15, -0.1) is 5.10 Å². The molecular formula is C36H53N8O10P. The zero-order valence-corrected chi connectivity index (χ0v) is 32.3. The number of H-pyrrole nitrogens is 1. The van der Waals surface area contributed by atoms with E-state index in [9.17, 15) is 33.6 Å². The van der Waals surface area contributed by atoms with Gasteiger partial charge in [0, 0.05) is 44.1 Å². The lowest BCUT2D eigenvalue weighted by molar-refractivity contribution is -0.135. The van der Waals surface area contributed by atoms with E-state index in [0.29, 0.717) is 25.1 Å². The molecule has 302 valence electrons. The number of benzene rings is 1. The van der Waals surface area contributed by atoms with Crippen molar-refractivity contribution in [2.24, 2.45) is 23.5 Å². The molecule has 0 aliphatic heterocycles. The van der Waals surface area contributed by atoms with Crippen LogP contribution >= 0.6 is 7.82 Å². The highest BCUT2D eigenvalue weighted by atomic mass is 31.2. The van der Waals surface area contributed by atoms with Gasteiger partial charge in [0.2, 0.25) is 17.7 Å². The fourth-order valence-electron chi connectivity index (χ4n) is 6.12. The Hall–Kier alpha value is -4.61. The molecule has 0 spiro atoms. The van der Waals surface area contributed by atoms with Crippen LogP contribution in [0.5, 0.6) is 0 Å². The van der Waals surface area contributed by atoms with Gasteiger partial charge in [0.15, 0.2) is 11.6 Å². The number of Topliss-reactive ketones (excluding diaryl/α,β-unsaturated/α-hetero) is 2. The number of nitrogens with two attached hydrogens (primary N) is 1. The molecular weight excluding hydrogens is 735 g/mol. The molecule has 1 aromatic carbocycles. The van der Waals surface area contributed by atoms with Crippen LogP contribution in [-0.2, 0) is 58.9 Å². The number of hydrogen-bond donors (Lipinski definition) is 7. The number of carbonyl (C=O) groups is 5. The number of carbonyl (C=O) groups excluding carboxylic acids is 5. The molecule has 0 radical (unpaired) electrons. The first-order valence-electron chi connectivity index (χ1n) is 18.2. The molecule has 8 N–H and O–H groups in total. The van der Waals surface area contributed by atoms with Crippen molar-refractivity contribution in [2.45, 2.75) is 103 Å². The third-order valence-corrected chi connectivity index (χ3v) is 9.66. The Labute approximate surface area is 319 Å². The second-order valence-electron chi connectivity index (χ2n) is 14.0. The molecule has 2 heterocycles. The molecule has 19 heteroatoms. The third-order valence-electron chi connectivity index (χ3n) is 9.05. The molecule has 2 aromatic heterocycles. The van der Waals surface area contributed by atoms with Crippen LogP contribution in [0.15, 0.2) is 49.1 Å². The number of primary amides is 1. The Morgan fingerprint density at radius 2 is 1.67 bits per heavy atom. The molecule has 5 atom stereocenters. The first kappa shape index (κ1) is 44.8. The van der Waals surface area contributed by atoms with Crippen molar-refractivity contribution in [1.29, 1.82) is 0 Å². The van der Waals surface area contributed by atoms with Crippen molar-refractivity contribution < 1.29 is 48.0 Å². The van der Waals surface area contributed by atoms with Crippen molar-refractivity contribution in [1.82, 2.24) is 35.6 Å². The molecule has 0 aliphatic carbocycles. The summed E-state index contributed by atoms with van der Waals surface area (Å²) >= 11 is 0. The van der Waals surface area contributed by atoms with Gasteiger partial charge < -0.3 is 36.2 Å². The summed E-state index contributed by atoms with van der Waals surface area (Å²) in [6.07, 6.45) is 5.46. The zero-order chi connectivity index (χ0) is 40.5. The van der Waals surface area contributed by atoms with Gasteiger partial charge in [0.05, 0.1) is 48.8 Å². The van der Waals surface area contributed by atoms with Gasteiger partial charge in [-0.2, -0.15) is 0 Å². The lowest BCUT2D eigenvalue weighted by atomic mass is 9.89. The molecule has 0 unspecified atom stereocenters. The van der Waals surface area contributed by atoms with Crippen molar-refractivity contribution in [2.75, 3.05) is 6.61 Å². The first-order valence-corrected chi connectivity index (χ1v) is 19.8. The highest BCUT2D eigenvalue weighted by Crippen LogP contribution is 2.39. The molecule has 0 fully saturated rings. The molecule has 55 heavy (non-hydrogen) atoms. The molecule has 3 aromatic rings. The first-order chi connectivity index (χ1) is 26.1. The van der Waals surface area contributed by atoms with Crippen LogP contribution in [0.1, 0.15) is 76.2 Å². The molecule has 0 saturated heterocycles. The lowest BCUT2D eigenvalue weighted by Crippen LogP contribution is -2.49. The van der Waals surface area contributed by atoms with E-state index in [1.165, 1.54) is 18.1 Å². The minimum Gasteiger partial charge on any atom is -0.394 e. The SMILES string of the molecule is CC(C)C[C@H](NC(=O)CCc1cnnn1CCCCc1ccccc1)C(=O)C[C@@H](Cc1cnc[nH]1)C(=O)N[C@@H](CO)C(=O)C[C@H](C(N)=O)[C@@H](C)OP(=O)(O)O. The number of imidazole rings is 1. The van der Waals surface area contributed by atoms with Crippen LogP contribution in [0, 0.1) is 17.8 Å². The number of nitrogens with zero attached hydrogens (tertiary/aromatic N) is 4. The molecule has 0 aliphatic rings. The predicted molar refractivity (Wildman–Crippen MR) is 198 cm³/mol. The standard InChI is InChI=1S/C36H53N8O10P/c1-23(2)15-30(41-34(48)13-12-28-20-40-43-44(28)14-8-7-11-25-9-5-4-6-10-25)32(46)17-26(16-27-19-38-22-39-27)36(50)42-31(21-45)33(47)18-29(35(37)49)24(3)54-55(51,52)53/h4-6,9-10,19-20,22-24,26,29-31,45H,7-8,11-18,21H2,1-3H3,(H2,37,49)(H,38,39)(H,41,48)(H,42,50)(H2,51,52,53)/t24-,26-,29+,30+,31+/m1/s1. The third kappa shape index (κ3) is 16.0. The van der Waals surface area contributed by atoms with E-state index in [2.05, 4.69) is 47.6 Å². The summed E-state index contributed by atoms with van der Waals surface area (Å²) in [5.41, 5.74) is 7.91. The Kier molecular flexibility index (Phi) is 18.0. The van der Waals surface area contributed by atoms with Crippen LogP contribution in [0.3, 0.4) is 0 Å². The van der Waals surface area contributed by atoms with E-state index in [-0.39, 0.29) is 31.1 Å². The largest absolute Gasteiger partial charge is 0.469 e. The number of rotatable bonds is 26. The maximum Gasteiger partial charge on any atom is 0.469 e. The number of aromatic amines is 1. The summed E-state index contributed by atoms with van der Waals surface area (Å²) in [5, 5.41) is 23.5. The number of hydrogen-bond acceptors (Lipinski definition) is 11. The number of nitrogens with one attached hydrogen (secondary N) is 3. The maximum atomic E-state index is 13.8. The van der Waals surface area contributed by atoms with Gasteiger partial charge in [0.25, 0.3) is 0 Å². The smallest absolute Gasteiger partial charge is 0.394 e. The van der Waals surface area contributed by atoms with Crippen molar-refractivity contribution in [3.63, 3.8) is 0 Å². The summed E-state index contributed by atoms with van der Waals surface area (Å²) < 4.78 is 17.6. The number of phosphoric ester groups is 1. The van der Waals surface area contributed by atoms with Gasteiger partial charge in [-0.1, -0.05) is 49.4 Å². The Bertz CT molecular complexity index is 1730. The van der Waals surface area contributed by atoms with Crippen LogP contribution in [0.4, 0.5) is 0 Å². The van der Waals surface area contributed by atoms with Gasteiger partial charge in [0.1, 0.15) is 6.04 Å². The Balaban J connectivity index is 1.64. The fourth-order valence-corrected chi connectivity index (χ4v) is 6.70. The molecule has 3 rings (SSSR count). The topological polar surface area (TPSA) is 282 Å². The molecule has 3 amide bonds. The molecule has 18 nitrogen and oxygen atoms in total. The van der Waals surface area contributed by atoms with Crippen LogP contribution in [-0.4, -0.2) is 93.9 Å². The van der Waals surface area contributed by atoms with E-state index < -0.39 is 74.3 Å². The van der Waals surface area contributed by atoms with Gasteiger partial charge in [-0.25, -0.2) is 14.2 Å². The summed E-state index contributed by atoms with van der Waals surface area (Å²) in [7, 11) is -5.04. The average Bonchev–Trinajstić information content (AvgIpc) is 3.81. The van der Waals surface area contributed by atoms with E-state index in [1.807, 2.05) is 32.0 Å². The summed E-state index contributed by atoms with van der Waals surface area (Å²) in [6.45, 7) is 4.70. The van der Waals surface area contributed by atoms with Crippen molar-refractivity contribution in [3.05, 3.63) is 66.0 Å². The zero-order valence-electron chi connectivity index (χ0n) is 31.4. The highest BCUT2D eigenvalue weighted by Gasteiger charge is 2.35. The second kappa shape index (κ2) is 22.1. The van der Waals surface area contributed by atoms with Crippen LogP contribution in [0.25, 0.3) is 0 Å². The molecule has 0 saturated carbocycles. The average molecular weight is 789 g/mol. The number of aliphatic hydroxyl groups excluding tert-OH is 1. The maximum absolute atomic E-state index is 13.8. The number of phosphoric acid groups is 1. The van der Waals surface area contributed by atoms with E-state index in [4.69, 9.17) is 15.5 Å². The normalized spacial score (nSPS) is 14.5. The second-order valence-corrected chi connectivity index (χ2v) is 15.2. The number of aromatic nitrogens is 5. The van der Waals surface area contributed by atoms with Crippen molar-refractivity contribution in [3.8, 4) is 0 Å². The number of ketones is 2. The van der Waals surface area contributed by atoms with E-state index in [0.717, 1.165) is 31.9 Å². The summed E-state index contributed by atoms with van der Waals surface area (Å²) in [4.78, 5) is 90.9. The van der Waals surface area contributed by atoms with Crippen LogP contribution in [0.2, 0.25) is 0 Å².